The third-order valence-electron chi connectivity index (χ3n) is 2.47. The predicted molar refractivity (Wildman–Crippen MR) is 61.6 cm³/mol. The summed E-state index contributed by atoms with van der Waals surface area (Å²) in [6.45, 7) is 0. The predicted octanol–water partition coefficient (Wildman–Crippen LogP) is 1.60. The van der Waals surface area contributed by atoms with Gasteiger partial charge in [0.15, 0.2) is 12.1 Å². The molecular formula is C12H8N4O. The molecule has 0 saturated carbocycles. The molecule has 3 aromatic heterocycles. The second-order valence-corrected chi connectivity index (χ2v) is 3.48. The highest BCUT2D eigenvalue weighted by Crippen LogP contribution is 2.23. The molecule has 3 rings (SSSR count). The molecule has 0 aliphatic carbocycles. The molecule has 0 aliphatic rings. The number of pyridine rings is 1. The van der Waals surface area contributed by atoms with E-state index < -0.39 is 0 Å². The van der Waals surface area contributed by atoms with Crippen molar-refractivity contribution in [3.63, 3.8) is 0 Å². The van der Waals surface area contributed by atoms with Crippen LogP contribution in [-0.4, -0.2) is 25.9 Å². The number of aromatic nitrogens is 4. The Balaban J connectivity index is 2.38. The summed E-state index contributed by atoms with van der Waals surface area (Å²) in [4.78, 5) is 19.4. The molecule has 5 heteroatoms. The van der Waals surface area contributed by atoms with Crippen molar-refractivity contribution < 1.29 is 4.79 Å². The smallest absolute Gasteiger partial charge is 0.171 e. The molecule has 3 aromatic rings. The molecule has 0 unspecified atom stereocenters. The number of carbonyl (C=O) groups is 1. The molecule has 0 radical (unpaired) electrons. The SMILES string of the molecule is O=Cc1nn2ccccc2c1-c1ncccn1. The standard InChI is InChI=1S/C12H8N4O/c17-8-9-11(12-13-5-3-6-14-12)10-4-1-2-7-16(10)15-9/h1-8H. The van der Waals surface area contributed by atoms with E-state index >= 15 is 0 Å². The number of nitrogens with zero attached hydrogens (tertiary/aromatic N) is 4. The second kappa shape index (κ2) is 3.79. The van der Waals surface area contributed by atoms with Crippen molar-refractivity contribution in [2.24, 2.45) is 0 Å². The van der Waals surface area contributed by atoms with E-state index in [9.17, 15) is 4.79 Å². The van der Waals surface area contributed by atoms with Crippen LogP contribution in [0.3, 0.4) is 0 Å². The van der Waals surface area contributed by atoms with Gasteiger partial charge in [0.05, 0.1) is 11.1 Å². The van der Waals surface area contributed by atoms with Crippen molar-refractivity contribution in [3.8, 4) is 11.4 Å². The Kier molecular flexibility index (Phi) is 2.15. The van der Waals surface area contributed by atoms with E-state index in [1.54, 1.807) is 29.2 Å². The van der Waals surface area contributed by atoms with E-state index in [2.05, 4.69) is 15.1 Å². The Bertz CT molecular complexity index is 675. The normalized spacial score (nSPS) is 10.6. The summed E-state index contributed by atoms with van der Waals surface area (Å²) in [6.07, 6.45) is 5.79. The summed E-state index contributed by atoms with van der Waals surface area (Å²) in [6, 6.07) is 7.35. The molecule has 82 valence electrons. The van der Waals surface area contributed by atoms with Crippen LogP contribution in [0.1, 0.15) is 10.5 Å². The number of fused-ring (bicyclic) bond motifs is 1. The summed E-state index contributed by atoms with van der Waals surface area (Å²) >= 11 is 0. The number of hydrogen-bond acceptors (Lipinski definition) is 4. The van der Waals surface area contributed by atoms with Crippen LogP contribution in [0.25, 0.3) is 16.9 Å². The molecule has 0 fully saturated rings. The van der Waals surface area contributed by atoms with Gasteiger partial charge in [-0.05, 0) is 18.2 Å². The summed E-state index contributed by atoms with van der Waals surface area (Å²) in [5, 5.41) is 4.18. The fraction of sp³-hybridized carbons (Fsp3) is 0. The lowest BCUT2D eigenvalue weighted by atomic mass is 10.2. The monoisotopic (exact) mass is 224 g/mol. The first kappa shape index (κ1) is 9.65. The highest BCUT2D eigenvalue weighted by molar-refractivity contribution is 5.91. The Hall–Kier alpha value is -2.56. The fourth-order valence-electron chi connectivity index (χ4n) is 1.76. The first-order valence-electron chi connectivity index (χ1n) is 5.10. The van der Waals surface area contributed by atoms with Gasteiger partial charge in [-0.15, -0.1) is 0 Å². The van der Waals surface area contributed by atoms with Crippen LogP contribution in [-0.2, 0) is 0 Å². The van der Waals surface area contributed by atoms with Gasteiger partial charge in [-0.1, -0.05) is 6.07 Å². The lowest BCUT2D eigenvalue weighted by Gasteiger charge is -1.97. The Morgan fingerprint density at radius 1 is 1.12 bits per heavy atom. The van der Waals surface area contributed by atoms with Crippen LogP contribution in [0, 0.1) is 0 Å². The zero-order valence-electron chi connectivity index (χ0n) is 8.82. The van der Waals surface area contributed by atoms with Gasteiger partial charge in [0.1, 0.15) is 5.69 Å². The van der Waals surface area contributed by atoms with E-state index in [0.717, 1.165) is 11.8 Å². The number of hydrogen-bond donors (Lipinski definition) is 0. The van der Waals surface area contributed by atoms with E-state index in [1.165, 1.54) is 0 Å². The van der Waals surface area contributed by atoms with Gasteiger partial charge in [0.25, 0.3) is 0 Å². The topological polar surface area (TPSA) is 60.2 Å². The molecular weight excluding hydrogens is 216 g/mol. The fourth-order valence-corrected chi connectivity index (χ4v) is 1.76. The van der Waals surface area contributed by atoms with Gasteiger partial charge >= 0.3 is 0 Å². The number of aldehydes is 1. The Labute approximate surface area is 96.8 Å². The molecule has 0 spiro atoms. The molecule has 0 N–H and O–H groups in total. The average molecular weight is 224 g/mol. The van der Waals surface area contributed by atoms with Crippen molar-refractivity contribution in [2.75, 3.05) is 0 Å². The summed E-state index contributed by atoms with van der Waals surface area (Å²) in [5.41, 5.74) is 1.84. The van der Waals surface area contributed by atoms with E-state index in [0.29, 0.717) is 17.1 Å². The first-order chi connectivity index (χ1) is 8.40. The van der Waals surface area contributed by atoms with Crippen LogP contribution in [0.5, 0.6) is 0 Å². The maximum atomic E-state index is 11.0. The molecule has 0 aromatic carbocycles. The van der Waals surface area contributed by atoms with E-state index in [1.807, 2.05) is 18.2 Å². The van der Waals surface area contributed by atoms with E-state index in [-0.39, 0.29) is 0 Å². The Morgan fingerprint density at radius 2 is 1.94 bits per heavy atom. The molecule has 0 bridgehead atoms. The summed E-state index contributed by atoms with van der Waals surface area (Å²) < 4.78 is 1.65. The maximum absolute atomic E-state index is 11.0. The zero-order valence-corrected chi connectivity index (χ0v) is 8.82. The van der Waals surface area contributed by atoms with E-state index in [4.69, 9.17) is 0 Å². The number of carbonyl (C=O) groups excluding carboxylic acids is 1. The third-order valence-corrected chi connectivity index (χ3v) is 2.47. The molecule has 0 amide bonds. The molecule has 5 nitrogen and oxygen atoms in total. The molecule has 3 heterocycles. The van der Waals surface area contributed by atoms with Gasteiger partial charge in [-0.3, -0.25) is 4.79 Å². The minimum atomic E-state index is 0.349. The second-order valence-electron chi connectivity index (χ2n) is 3.48. The van der Waals surface area contributed by atoms with Gasteiger partial charge < -0.3 is 0 Å². The summed E-state index contributed by atoms with van der Waals surface area (Å²) in [5.74, 6) is 0.510. The van der Waals surface area contributed by atoms with Crippen LogP contribution < -0.4 is 0 Å². The molecule has 0 atom stereocenters. The van der Waals surface area contributed by atoms with Crippen molar-refractivity contribution >= 4 is 11.8 Å². The van der Waals surface area contributed by atoms with Crippen molar-refractivity contribution in [1.29, 1.82) is 0 Å². The first-order valence-corrected chi connectivity index (χ1v) is 5.10. The van der Waals surface area contributed by atoms with Crippen LogP contribution in [0.4, 0.5) is 0 Å². The molecule has 17 heavy (non-hydrogen) atoms. The maximum Gasteiger partial charge on any atom is 0.171 e. The Morgan fingerprint density at radius 3 is 2.71 bits per heavy atom. The highest BCUT2D eigenvalue weighted by atomic mass is 16.1. The van der Waals surface area contributed by atoms with Gasteiger partial charge in [-0.2, -0.15) is 5.10 Å². The molecule has 0 saturated heterocycles. The van der Waals surface area contributed by atoms with Gasteiger partial charge in [0.2, 0.25) is 0 Å². The van der Waals surface area contributed by atoms with Crippen LogP contribution in [0.2, 0.25) is 0 Å². The third kappa shape index (κ3) is 1.48. The van der Waals surface area contributed by atoms with Gasteiger partial charge in [0, 0.05) is 18.6 Å². The quantitative estimate of drug-likeness (QED) is 0.620. The van der Waals surface area contributed by atoms with Crippen molar-refractivity contribution in [2.45, 2.75) is 0 Å². The van der Waals surface area contributed by atoms with Crippen molar-refractivity contribution in [3.05, 3.63) is 48.5 Å². The van der Waals surface area contributed by atoms with Crippen LogP contribution >= 0.6 is 0 Å². The zero-order chi connectivity index (χ0) is 11.7. The van der Waals surface area contributed by atoms with Crippen molar-refractivity contribution in [1.82, 2.24) is 19.6 Å². The lowest BCUT2D eigenvalue weighted by Crippen LogP contribution is -1.90. The minimum Gasteiger partial charge on any atom is -0.296 e. The van der Waals surface area contributed by atoms with Gasteiger partial charge in [-0.25, -0.2) is 14.5 Å². The molecule has 0 aliphatic heterocycles. The largest absolute Gasteiger partial charge is 0.296 e. The minimum absolute atomic E-state index is 0.349. The average Bonchev–Trinajstić information content (AvgIpc) is 2.78. The van der Waals surface area contributed by atoms with Crippen LogP contribution in [0.15, 0.2) is 42.9 Å². The lowest BCUT2D eigenvalue weighted by molar-refractivity contribution is 0.111. The number of rotatable bonds is 2. The summed E-state index contributed by atoms with van der Waals surface area (Å²) in [7, 11) is 0. The highest BCUT2D eigenvalue weighted by Gasteiger charge is 2.15.